The summed E-state index contributed by atoms with van der Waals surface area (Å²) in [4.78, 5) is 23.7. The van der Waals surface area contributed by atoms with Gasteiger partial charge in [-0.2, -0.15) is 0 Å². The summed E-state index contributed by atoms with van der Waals surface area (Å²) >= 11 is 0. The van der Waals surface area contributed by atoms with Gasteiger partial charge < -0.3 is 15.2 Å². The van der Waals surface area contributed by atoms with E-state index in [1.165, 1.54) is 0 Å². The fourth-order valence-corrected chi connectivity index (χ4v) is 1.86. The van der Waals surface area contributed by atoms with Gasteiger partial charge in [0.15, 0.2) is 5.78 Å². The molecule has 0 bridgehead atoms. The van der Waals surface area contributed by atoms with E-state index in [0.29, 0.717) is 23.6 Å². The quantitative estimate of drug-likeness (QED) is 0.323. The molecule has 2 aromatic rings. The minimum Gasteiger partial charge on any atom is -0.869 e. The van der Waals surface area contributed by atoms with Gasteiger partial charge in [0.1, 0.15) is 5.75 Å². The number of benzene rings is 2. The molecule has 0 aromatic heterocycles. The summed E-state index contributed by atoms with van der Waals surface area (Å²) in [5.41, 5.74) is 0.807. The molecule has 5 nitrogen and oxygen atoms in total. The number of hydrogen-bond acceptors (Lipinski definition) is 4. The number of carbonyl (C=O) groups is 2. The molecule has 0 unspecified atom stereocenters. The van der Waals surface area contributed by atoms with Gasteiger partial charge in [-0.25, -0.2) is 0 Å². The average Bonchev–Trinajstić information content (AvgIpc) is 2.56. The monoisotopic (exact) mass is 333 g/mol. The van der Waals surface area contributed by atoms with Crippen LogP contribution in [0.25, 0.3) is 0 Å². The predicted molar refractivity (Wildman–Crippen MR) is 85.1 cm³/mol. The van der Waals surface area contributed by atoms with Crippen LogP contribution in [0.3, 0.4) is 0 Å². The van der Waals surface area contributed by atoms with E-state index in [0.717, 1.165) is 6.08 Å². The molecule has 6 heteroatoms. The summed E-state index contributed by atoms with van der Waals surface area (Å²) in [6.45, 7) is 2.38. The Kier molecular flexibility index (Phi) is 8.26. The number of ketones is 1. The average molecular weight is 333 g/mol. The normalized spacial score (nSPS) is 10.5. The number of nitrogens with one attached hydrogen (secondary N) is 1. The fraction of sp³-hybridized carbons (Fsp3) is 0.111. The van der Waals surface area contributed by atoms with E-state index in [4.69, 9.17) is 4.74 Å². The third-order valence-corrected chi connectivity index (χ3v) is 2.97. The number of allylic oxidation sites excluding steroid dienone is 1. The summed E-state index contributed by atoms with van der Waals surface area (Å²) in [6, 6.07) is 14.9. The first-order chi connectivity index (χ1) is 11.1. The summed E-state index contributed by atoms with van der Waals surface area (Å²) in [5, 5.41) is 14.2. The Balaban J connectivity index is 0.00000288. The minimum absolute atomic E-state index is 0. The van der Waals surface area contributed by atoms with E-state index in [9.17, 15) is 14.7 Å². The molecule has 0 aliphatic carbocycles. The zero-order chi connectivity index (χ0) is 16.7. The standard InChI is InChI=1S/C18H17NO4.Na/c1-2-23-15-10-8-13(9-11-15)16(20)12-17(21)18(22)19-14-6-4-3-5-7-14;/h3-12,21H,2H2,1H3,(H,19,22);/q;+1/p-1. The second-order valence-electron chi connectivity index (χ2n) is 4.65. The molecule has 24 heavy (non-hydrogen) atoms. The predicted octanol–water partition coefficient (Wildman–Crippen LogP) is -0.845. The van der Waals surface area contributed by atoms with Crippen LogP contribution in [0.4, 0.5) is 5.69 Å². The van der Waals surface area contributed by atoms with E-state index >= 15 is 0 Å². The first-order valence-corrected chi connectivity index (χ1v) is 7.12. The number of anilines is 1. The van der Waals surface area contributed by atoms with E-state index in [2.05, 4.69) is 5.32 Å². The molecule has 0 aliphatic heterocycles. The molecular weight excluding hydrogens is 317 g/mol. The zero-order valence-electron chi connectivity index (χ0n) is 13.6. The number of ether oxygens (including phenoxy) is 1. The molecular formula is C18H16NNaO4. The van der Waals surface area contributed by atoms with Crippen molar-refractivity contribution in [3.63, 3.8) is 0 Å². The smallest absolute Gasteiger partial charge is 0.869 e. The third kappa shape index (κ3) is 5.85. The van der Waals surface area contributed by atoms with Crippen LogP contribution < -0.4 is 44.7 Å². The number of amides is 1. The van der Waals surface area contributed by atoms with E-state index in [-0.39, 0.29) is 29.6 Å². The molecule has 2 aromatic carbocycles. The second kappa shape index (κ2) is 9.93. The minimum atomic E-state index is -0.896. The van der Waals surface area contributed by atoms with Crippen LogP contribution in [0.2, 0.25) is 0 Å². The van der Waals surface area contributed by atoms with Crippen molar-refractivity contribution in [1.29, 1.82) is 0 Å². The number of hydrogen-bond donors (Lipinski definition) is 1. The van der Waals surface area contributed by atoms with Crippen molar-refractivity contribution in [3.8, 4) is 5.75 Å². The van der Waals surface area contributed by atoms with Gasteiger partial charge in [0.25, 0.3) is 0 Å². The Labute approximate surface area is 162 Å². The molecule has 0 saturated heterocycles. The van der Waals surface area contributed by atoms with Crippen LogP contribution >= 0.6 is 0 Å². The zero-order valence-corrected chi connectivity index (χ0v) is 15.6. The molecule has 2 rings (SSSR count). The van der Waals surface area contributed by atoms with Crippen molar-refractivity contribution < 1.29 is 49.0 Å². The van der Waals surface area contributed by atoms with Crippen molar-refractivity contribution in [1.82, 2.24) is 0 Å². The maximum Gasteiger partial charge on any atom is 1.00 e. The molecule has 0 fully saturated rings. The van der Waals surface area contributed by atoms with Gasteiger partial charge >= 0.3 is 29.6 Å². The van der Waals surface area contributed by atoms with Gasteiger partial charge in [-0.3, -0.25) is 9.59 Å². The molecule has 0 atom stereocenters. The van der Waals surface area contributed by atoms with Crippen LogP contribution in [0.1, 0.15) is 17.3 Å². The maximum absolute atomic E-state index is 12.0. The van der Waals surface area contributed by atoms with Gasteiger partial charge in [-0.05, 0) is 55.2 Å². The van der Waals surface area contributed by atoms with Gasteiger partial charge in [-0.1, -0.05) is 18.2 Å². The van der Waals surface area contributed by atoms with Crippen molar-refractivity contribution in [2.45, 2.75) is 6.92 Å². The molecule has 0 saturated carbocycles. The summed E-state index contributed by atoms with van der Waals surface area (Å²) in [5.74, 6) is -1.64. The SMILES string of the molecule is CCOc1ccc(C(=O)C=C([O-])C(=O)Nc2ccccc2)cc1.[Na+]. The Morgan fingerprint density at radius 3 is 2.29 bits per heavy atom. The van der Waals surface area contributed by atoms with Crippen LogP contribution in [0, 0.1) is 0 Å². The fourth-order valence-electron chi connectivity index (χ4n) is 1.86. The van der Waals surface area contributed by atoms with Crippen molar-refractivity contribution in [3.05, 3.63) is 72.0 Å². The first kappa shape index (κ1) is 20.0. The Hall–Kier alpha value is -2.08. The third-order valence-electron chi connectivity index (χ3n) is 2.97. The number of para-hydroxylation sites is 1. The summed E-state index contributed by atoms with van der Waals surface area (Å²) in [7, 11) is 0. The van der Waals surface area contributed by atoms with Gasteiger partial charge in [0, 0.05) is 11.3 Å². The molecule has 0 aliphatic rings. The summed E-state index contributed by atoms with van der Waals surface area (Å²) < 4.78 is 5.27. The van der Waals surface area contributed by atoms with Crippen molar-refractivity contribution >= 4 is 17.4 Å². The molecule has 0 radical (unpaired) electrons. The van der Waals surface area contributed by atoms with Gasteiger partial charge in [-0.15, -0.1) is 0 Å². The van der Waals surface area contributed by atoms with Crippen LogP contribution in [-0.4, -0.2) is 18.3 Å². The first-order valence-electron chi connectivity index (χ1n) is 7.12. The van der Waals surface area contributed by atoms with E-state index < -0.39 is 17.4 Å². The Morgan fingerprint density at radius 1 is 1.08 bits per heavy atom. The van der Waals surface area contributed by atoms with Crippen molar-refractivity contribution in [2.75, 3.05) is 11.9 Å². The second-order valence-corrected chi connectivity index (χ2v) is 4.65. The maximum atomic E-state index is 12.0. The van der Waals surface area contributed by atoms with Crippen LogP contribution in [0.5, 0.6) is 5.75 Å². The number of carbonyl (C=O) groups excluding carboxylic acids is 2. The van der Waals surface area contributed by atoms with Crippen LogP contribution in [0.15, 0.2) is 66.4 Å². The molecule has 118 valence electrons. The van der Waals surface area contributed by atoms with E-state index in [1.807, 2.05) is 6.92 Å². The summed E-state index contributed by atoms with van der Waals surface area (Å²) in [6.07, 6.45) is 0.786. The molecule has 1 amide bonds. The molecule has 1 N–H and O–H groups in total. The van der Waals surface area contributed by atoms with Gasteiger partial charge in [0.2, 0.25) is 5.91 Å². The van der Waals surface area contributed by atoms with Crippen LogP contribution in [-0.2, 0) is 4.79 Å². The Morgan fingerprint density at radius 2 is 1.71 bits per heavy atom. The van der Waals surface area contributed by atoms with Gasteiger partial charge in [0.05, 0.1) is 6.61 Å². The number of rotatable bonds is 6. The molecule has 0 spiro atoms. The topological polar surface area (TPSA) is 78.5 Å². The largest absolute Gasteiger partial charge is 1.00 e. The molecule has 0 heterocycles. The Bertz CT molecular complexity index is 712. The van der Waals surface area contributed by atoms with E-state index in [1.54, 1.807) is 54.6 Å². The van der Waals surface area contributed by atoms with Crippen molar-refractivity contribution in [2.24, 2.45) is 0 Å².